The van der Waals surface area contributed by atoms with Crippen molar-refractivity contribution in [3.05, 3.63) is 65.7 Å². The molecule has 0 saturated heterocycles. The van der Waals surface area contributed by atoms with Crippen molar-refractivity contribution >= 4 is 16.9 Å². The quantitative estimate of drug-likeness (QED) is 0.749. The molecular weight excluding hydrogens is 321 g/mol. The van der Waals surface area contributed by atoms with Gasteiger partial charge in [0.1, 0.15) is 11.6 Å². The Morgan fingerprint density at radius 1 is 1.28 bits per heavy atom. The van der Waals surface area contributed by atoms with Crippen LogP contribution in [0.5, 0.6) is 0 Å². The van der Waals surface area contributed by atoms with Crippen LogP contribution in [0, 0.1) is 5.82 Å². The van der Waals surface area contributed by atoms with E-state index < -0.39 is 6.10 Å². The number of benzene rings is 2. The number of halogens is 1. The van der Waals surface area contributed by atoms with E-state index in [-0.39, 0.29) is 24.3 Å². The molecule has 6 heteroatoms. The summed E-state index contributed by atoms with van der Waals surface area (Å²) in [4.78, 5) is 16.0. The minimum absolute atomic E-state index is 0.156. The highest BCUT2D eigenvalue weighted by molar-refractivity contribution is 5.77. The topological polar surface area (TPSA) is 67.2 Å². The molecule has 3 rings (SSSR count). The molecule has 130 valence electrons. The standard InChI is InChI=1S/C19H20FN3O2/c1-12(21-13(2)24)19-22-16-8-3-4-9-17(16)23(19)11-18(25)14-6-5-7-15(20)10-14/h3-10,12,18,25H,11H2,1-2H3,(H,21,24)/t12-,18+/m0/s1. The molecule has 0 spiro atoms. The van der Waals surface area contributed by atoms with Gasteiger partial charge < -0.3 is 15.0 Å². The Hall–Kier alpha value is -2.73. The lowest BCUT2D eigenvalue weighted by atomic mass is 10.1. The molecule has 0 aliphatic carbocycles. The second kappa shape index (κ2) is 7.03. The number of carbonyl (C=O) groups is 1. The van der Waals surface area contributed by atoms with Crippen molar-refractivity contribution in [1.82, 2.24) is 14.9 Å². The van der Waals surface area contributed by atoms with E-state index in [0.717, 1.165) is 11.0 Å². The molecule has 2 N–H and O–H groups in total. The van der Waals surface area contributed by atoms with Gasteiger partial charge in [-0.3, -0.25) is 4.79 Å². The first-order valence-corrected chi connectivity index (χ1v) is 8.11. The van der Waals surface area contributed by atoms with Crippen LogP contribution in [0.1, 0.15) is 37.4 Å². The summed E-state index contributed by atoms with van der Waals surface area (Å²) in [6.45, 7) is 3.50. The van der Waals surface area contributed by atoms with E-state index in [0.29, 0.717) is 11.4 Å². The van der Waals surface area contributed by atoms with Crippen LogP contribution in [0.2, 0.25) is 0 Å². The number of fused-ring (bicyclic) bond motifs is 1. The molecule has 0 aliphatic heterocycles. The zero-order chi connectivity index (χ0) is 18.0. The van der Waals surface area contributed by atoms with Crippen LogP contribution >= 0.6 is 0 Å². The lowest BCUT2D eigenvalue weighted by molar-refractivity contribution is -0.119. The largest absolute Gasteiger partial charge is 0.387 e. The number of aliphatic hydroxyl groups excluding tert-OH is 1. The number of para-hydroxylation sites is 2. The third-order valence-corrected chi connectivity index (χ3v) is 4.08. The van der Waals surface area contributed by atoms with Crippen LogP contribution < -0.4 is 5.32 Å². The molecule has 2 aromatic carbocycles. The number of aliphatic hydroxyl groups is 1. The maximum absolute atomic E-state index is 13.4. The van der Waals surface area contributed by atoms with Crippen molar-refractivity contribution in [2.45, 2.75) is 32.5 Å². The first-order valence-electron chi connectivity index (χ1n) is 8.11. The number of imidazole rings is 1. The third kappa shape index (κ3) is 3.69. The van der Waals surface area contributed by atoms with Crippen LogP contribution in [0.25, 0.3) is 11.0 Å². The lowest BCUT2D eigenvalue weighted by Gasteiger charge is -2.18. The molecule has 1 aromatic heterocycles. The average Bonchev–Trinajstić information content (AvgIpc) is 2.93. The summed E-state index contributed by atoms with van der Waals surface area (Å²) in [6.07, 6.45) is -0.892. The van der Waals surface area contributed by atoms with Gasteiger partial charge in [0, 0.05) is 6.92 Å². The SMILES string of the molecule is CC(=O)N[C@@H](C)c1nc2ccccc2n1C[C@@H](O)c1cccc(F)c1. The third-order valence-electron chi connectivity index (χ3n) is 4.08. The first kappa shape index (κ1) is 17.1. The zero-order valence-electron chi connectivity index (χ0n) is 14.1. The van der Waals surface area contributed by atoms with E-state index in [2.05, 4.69) is 10.3 Å². The Morgan fingerprint density at radius 2 is 2.04 bits per heavy atom. The smallest absolute Gasteiger partial charge is 0.217 e. The minimum atomic E-state index is -0.892. The van der Waals surface area contributed by atoms with Crippen LogP contribution in [0.15, 0.2) is 48.5 Å². The van der Waals surface area contributed by atoms with Crippen LogP contribution in [-0.2, 0) is 11.3 Å². The van der Waals surface area contributed by atoms with Gasteiger partial charge in [-0.2, -0.15) is 0 Å². The van der Waals surface area contributed by atoms with Crippen LogP contribution in [0.3, 0.4) is 0 Å². The van der Waals surface area contributed by atoms with E-state index in [9.17, 15) is 14.3 Å². The number of nitrogens with zero attached hydrogens (tertiary/aromatic N) is 2. The highest BCUT2D eigenvalue weighted by Crippen LogP contribution is 2.25. The summed E-state index contributed by atoms with van der Waals surface area (Å²) in [6, 6.07) is 13.2. The van der Waals surface area contributed by atoms with Gasteiger partial charge in [-0.15, -0.1) is 0 Å². The van der Waals surface area contributed by atoms with Crippen molar-refractivity contribution in [2.24, 2.45) is 0 Å². The Kier molecular flexibility index (Phi) is 4.81. The average molecular weight is 341 g/mol. The molecule has 5 nitrogen and oxygen atoms in total. The molecule has 0 bridgehead atoms. The molecular formula is C19H20FN3O2. The summed E-state index contributed by atoms with van der Waals surface area (Å²) in [7, 11) is 0. The van der Waals surface area contributed by atoms with Gasteiger partial charge in [-0.1, -0.05) is 24.3 Å². The van der Waals surface area contributed by atoms with E-state index >= 15 is 0 Å². The van der Waals surface area contributed by atoms with Crippen molar-refractivity contribution in [2.75, 3.05) is 0 Å². The van der Waals surface area contributed by atoms with Gasteiger partial charge in [0.2, 0.25) is 5.91 Å². The molecule has 3 aromatic rings. The number of hydrogen-bond donors (Lipinski definition) is 2. The molecule has 2 atom stereocenters. The lowest BCUT2D eigenvalue weighted by Crippen LogP contribution is -2.27. The van der Waals surface area contributed by atoms with E-state index in [1.165, 1.54) is 19.1 Å². The van der Waals surface area contributed by atoms with Gasteiger partial charge in [0.05, 0.1) is 29.7 Å². The first-order chi connectivity index (χ1) is 12.0. The van der Waals surface area contributed by atoms with Crippen LogP contribution in [0.4, 0.5) is 4.39 Å². The Bertz CT molecular complexity index is 907. The zero-order valence-corrected chi connectivity index (χ0v) is 14.1. The van der Waals surface area contributed by atoms with E-state index in [1.54, 1.807) is 12.1 Å². The second-order valence-corrected chi connectivity index (χ2v) is 6.06. The predicted molar refractivity (Wildman–Crippen MR) is 93.3 cm³/mol. The maximum Gasteiger partial charge on any atom is 0.217 e. The van der Waals surface area contributed by atoms with Gasteiger partial charge in [-0.05, 0) is 36.8 Å². The van der Waals surface area contributed by atoms with Gasteiger partial charge in [0.25, 0.3) is 0 Å². The molecule has 0 radical (unpaired) electrons. The Balaban J connectivity index is 2.00. The van der Waals surface area contributed by atoms with Gasteiger partial charge >= 0.3 is 0 Å². The molecule has 0 aliphatic rings. The highest BCUT2D eigenvalue weighted by Gasteiger charge is 2.20. The number of carbonyl (C=O) groups excluding carboxylic acids is 1. The van der Waals surface area contributed by atoms with E-state index in [4.69, 9.17) is 0 Å². The van der Waals surface area contributed by atoms with Crippen LogP contribution in [-0.4, -0.2) is 20.6 Å². The Morgan fingerprint density at radius 3 is 2.76 bits per heavy atom. The number of aromatic nitrogens is 2. The molecule has 25 heavy (non-hydrogen) atoms. The van der Waals surface area contributed by atoms with E-state index in [1.807, 2.05) is 35.8 Å². The molecule has 0 saturated carbocycles. The fourth-order valence-corrected chi connectivity index (χ4v) is 2.98. The van der Waals surface area contributed by atoms with Gasteiger partial charge in [-0.25, -0.2) is 9.37 Å². The summed E-state index contributed by atoms with van der Waals surface area (Å²) in [5.41, 5.74) is 2.13. The number of rotatable bonds is 5. The number of nitrogens with one attached hydrogen (secondary N) is 1. The fraction of sp³-hybridized carbons (Fsp3) is 0.263. The molecule has 0 unspecified atom stereocenters. The van der Waals surface area contributed by atoms with Gasteiger partial charge in [0.15, 0.2) is 0 Å². The fourth-order valence-electron chi connectivity index (χ4n) is 2.98. The summed E-state index contributed by atoms with van der Waals surface area (Å²) >= 11 is 0. The number of hydrogen-bond acceptors (Lipinski definition) is 3. The Labute approximate surface area is 145 Å². The maximum atomic E-state index is 13.4. The molecule has 1 heterocycles. The summed E-state index contributed by atoms with van der Waals surface area (Å²) in [5.74, 6) is 0.0996. The normalized spacial score (nSPS) is 13.6. The van der Waals surface area contributed by atoms with Crippen molar-refractivity contribution in [1.29, 1.82) is 0 Å². The predicted octanol–water partition coefficient (Wildman–Crippen LogP) is 3.11. The molecule has 1 amide bonds. The number of amides is 1. The highest BCUT2D eigenvalue weighted by atomic mass is 19.1. The van der Waals surface area contributed by atoms with Crippen molar-refractivity contribution in [3.8, 4) is 0 Å². The summed E-state index contributed by atoms with van der Waals surface area (Å²) in [5, 5.41) is 13.4. The minimum Gasteiger partial charge on any atom is -0.387 e. The molecule has 0 fully saturated rings. The summed E-state index contributed by atoms with van der Waals surface area (Å²) < 4.78 is 15.3. The monoisotopic (exact) mass is 341 g/mol. The van der Waals surface area contributed by atoms with Crippen molar-refractivity contribution in [3.63, 3.8) is 0 Å². The second-order valence-electron chi connectivity index (χ2n) is 6.06. The van der Waals surface area contributed by atoms with Crippen molar-refractivity contribution < 1.29 is 14.3 Å².